The third kappa shape index (κ3) is 3.78. The molecule has 2 N–H and O–H groups in total. The van der Waals surface area contributed by atoms with Crippen molar-refractivity contribution in [3.8, 4) is 11.1 Å². The molecule has 4 nitrogen and oxygen atoms in total. The number of rotatable bonds is 4. The van der Waals surface area contributed by atoms with E-state index in [1.54, 1.807) is 6.07 Å². The Hall–Kier alpha value is -2.66. The molecule has 0 bridgehead atoms. The molecule has 3 aromatic rings. The van der Waals surface area contributed by atoms with E-state index in [0.717, 1.165) is 26.9 Å². The molecule has 3 rings (SSSR count). The van der Waals surface area contributed by atoms with Gasteiger partial charge < -0.3 is 10.3 Å². The van der Waals surface area contributed by atoms with Gasteiger partial charge in [0.15, 0.2) is 0 Å². The summed E-state index contributed by atoms with van der Waals surface area (Å²) in [6, 6.07) is 17.3. The van der Waals surface area contributed by atoms with Crippen LogP contribution in [0.15, 0.2) is 63.9 Å². The maximum Gasteiger partial charge on any atom is 0.253 e. The Labute approximate surface area is 160 Å². The first-order valence-corrected chi connectivity index (χ1v) is 9.08. The Morgan fingerprint density at radius 3 is 2.50 bits per heavy atom. The second kappa shape index (κ2) is 7.70. The lowest BCUT2D eigenvalue weighted by molar-refractivity contribution is 0.0950. The summed E-state index contributed by atoms with van der Waals surface area (Å²) in [7, 11) is 0. The van der Waals surface area contributed by atoms with E-state index in [9.17, 15) is 9.59 Å². The second-order valence-corrected chi connectivity index (χ2v) is 6.95. The number of H-pyrrole nitrogens is 1. The fourth-order valence-corrected chi connectivity index (χ4v) is 3.59. The lowest BCUT2D eigenvalue weighted by Crippen LogP contribution is -2.28. The van der Waals surface area contributed by atoms with Crippen molar-refractivity contribution in [2.75, 3.05) is 0 Å². The maximum absolute atomic E-state index is 12.7. The Balaban J connectivity index is 1.84. The van der Waals surface area contributed by atoms with Gasteiger partial charge in [0, 0.05) is 22.3 Å². The molecule has 5 heteroatoms. The van der Waals surface area contributed by atoms with Gasteiger partial charge in [0.1, 0.15) is 0 Å². The molecular weight excluding hydrogens is 392 g/mol. The van der Waals surface area contributed by atoms with Gasteiger partial charge in [-0.2, -0.15) is 0 Å². The van der Waals surface area contributed by atoms with Crippen molar-refractivity contribution in [3.63, 3.8) is 0 Å². The molecule has 26 heavy (non-hydrogen) atoms. The number of carbonyl (C=O) groups excluding carboxylic acids is 1. The van der Waals surface area contributed by atoms with Crippen LogP contribution in [0.3, 0.4) is 0 Å². The first kappa shape index (κ1) is 18.1. The summed E-state index contributed by atoms with van der Waals surface area (Å²) in [5.41, 5.74) is 4.58. The Morgan fingerprint density at radius 2 is 1.81 bits per heavy atom. The van der Waals surface area contributed by atoms with Crippen LogP contribution in [0, 0.1) is 13.8 Å². The van der Waals surface area contributed by atoms with Crippen LogP contribution in [0.25, 0.3) is 11.1 Å². The van der Waals surface area contributed by atoms with Crippen LogP contribution in [0.1, 0.15) is 27.2 Å². The molecule has 0 saturated carbocycles. The average Bonchev–Trinajstić information content (AvgIpc) is 2.61. The van der Waals surface area contributed by atoms with E-state index < -0.39 is 0 Å². The minimum atomic E-state index is -0.228. The number of halogens is 1. The number of aryl methyl sites for hydroxylation is 2. The predicted molar refractivity (Wildman–Crippen MR) is 107 cm³/mol. The lowest BCUT2D eigenvalue weighted by atomic mass is 10.0. The van der Waals surface area contributed by atoms with Gasteiger partial charge in [-0.3, -0.25) is 9.59 Å². The number of pyridine rings is 1. The highest BCUT2D eigenvalue weighted by atomic mass is 79.9. The third-order valence-corrected chi connectivity index (χ3v) is 5.10. The standard InChI is InChI=1S/C21H19BrN2O2/c1-13-11-14(2)24-21(26)18(13)12-23-20(25)17-10-6-9-16(19(17)22)15-7-4-3-5-8-15/h3-11H,12H2,1-2H3,(H,23,25)(H,24,26). The van der Waals surface area contributed by atoms with Crippen molar-refractivity contribution >= 4 is 21.8 Å². The average molecular weight is 411 g/mol. The van der Waals surface area contributed by atoms with Crippen molar-refractivity contribution in [1.29, 1.82) is 0 Å². The van der Waals surface area contributed by atoms with E-state index in [1.807, 2.05) is 62.4 Å². The fraction of sp³-hybridized carbons (Fsp3) is 0.143. The van der Waals surface area contributed by atoms with Crippen LogP contribution in [-0.2, 0) is 6.54 Å². The zero-order chi connectivity index (χ0) is 18.7. The molecule has 0 aliphatic carbocycles. The summed E-state index contributed by atoms with van der Waals surface area (Å²) in [6.45, 7) is 3.89. The van der Waals surface area contributed by atoms with Crippen LogP contribution >= 0.6 is 15.9 Å². The molecule has 0 saturated heterocycles. The minimum Gasteiger partial charge on any atom is -0.348 e. The SMILES string of the molecule is Cc1cc(C)c(CNC(=O)c2cccc(-c3ccccc3)c2Br)c(=O)[nH]1. The van der Waals surface area contributed by atoms with E-state index in [1.165, 1.54) is 0 Å². The summed E-state index contributed by atoms with van der Waals surface area (Å²) in [6.07, 6.45) is 0. The number of hydrogen-bond donors (Lipinski definition) is 2. The molecule has 0 unspecified atom stereocenters. The van der Waals surface area contributed by atoms with E-state index in [2.05, 4.69) is 26.2 Å². The number of aromatic nitrogens is 1. The smallest absolute Gasteiger partial charge is 0.253 e. The van der Waals surface area contributed by atoms with Crippen molar-refractivity contribution in [1.82, 2.24) is 10.3 Å². The summed E-state index contributed by atoms with van der Waals surface area (Å²) in [5.74, 6) is -0.228. The van der Waals surface area contributed by atoms with Crippen LogP contribution in [-0.4, -0.2) is 10.9 Å². The van der Waals surface area contributed by atoms with Gasteiger partial charge in [0.2, 0.25) is 0 Å². The van der Waals surface area contributed by atoms with Gasteiger partial charge in [-0.1, -0.05) is 42.5 Å². The summed E-state index contributed by atoms with van der Waals surface area (Å²) in [4.78, 5) is 27.5. The minimum absolute atomic E-state index is 0.167. The number of aromatic amines is 1. The van der Waals surface area contributed by atoms with E-state index >= 15 is 0 Å². The third-order valence-electron chi connectivity index (χ3n) is 4.25. The zero-order valence-corrected chi connectivity index (χ0v) is 16.2. The highest BCUT2D eigenvalue weighted by Crippen LogP contribution is 2.31. The van der Waals surface area contributed by atoms with Crippen LogP contribution in [0.5, 0.6) is 0 Å². The first-order chi connectivity index (χ1) is 12.5. The quantitative estimate of drug-likeness (QED) is 0.671. The van der Waals surface area contributed by atoms with Gasteiger partial charge in [-0.05, 0) is 58.6 Å². The molecule has 2 aromatic carbocycles. The first-order valence-electron chi connectivity index (χ1n) is 8.29. The summed E-state index contributed by atoms with van der Waals surface area (Å²) >= 11 is 3.55. The normalized spacial score (nSPS) is 10.6. The predicted octanol–water partition coefficient (Wildman–Crippen LogP) is 4.35. The Morgan fingerprint density at radius 1 is 1.08 bits per heavy atom. The Kier molecular flexibility index (Phi) is 5.38. The molecule has 0 aliphatic rings. The topological polar surface area (TPSA) is 62.0 Å². The van der Waals surface area contributed by atoms with Crippen molar-refractivity contribution in [3.05, 3.63) is 91.8 Å². The molecule has 0 atom stereocenters. The number of hydrogen-bond acceptors (Lipinski definition) is 2. The van der Waals surface area contributed by atoms with Gasteiger partial charge in [0.05, 0.1) is 5.56 Å². The zero-order valence-electron chi connectivity index (χ0n) is 14.6. The highest BCUT2D eigenvalue weighted by molar-refractivity contribution is 9.10. The van der Waals surface area contributed by atoms with E-state index in [0.29, 0.717) is 11.1 Å². The lowest BCUT2D eigenvalue weighted by Gasteiger charge is -2.12. The van der Waals surface area contributed by atoms with Crippen LogP contribution < -0.4 is 10.9 Å². The number of nitrogens with one attached hydrogen (secondary N) is 2. The number of benzene rings is 2. The fourth-order valence-electron chi connectivity index (χ4n) is 2.91. The molecule has 0 fully saturated rings. The van der Waals surface area contributed by atoms with Crippen molar-refractivity contribution in [2.24, 2.45) is 0 Å². The van der Waals surface area contributed by atoms with Gasteiger partial charge >= 0.3 is 0 Å². The Bertz CT molecular complexity index is 1010. The van der Waals surface area contributed by atoms with Crippen molar-refractivity contribution < 1.29 is 4.79 Å². The van der Waals surface area contributed by atoms with Crippen LogP contribution in [0.4, 0.5) is 0 Å². The molecule has 0 spiro atoms. The monoisotopic (exact) mass is 410 g/mol. The van der Waals surface area contributed by atoms with E-state index in [4.69, 9.17) is 0 Å². The molecule has 0 aliphatic heterocycles. The van der Waals surface area contributed by atoms with E-state index in [-0.39, 0.29) is 18.0 Å². The summed E-state index contributed by atoms with van der Waals surface area (Å²) < 4.78 is 0.734. The molecule has 1 amide bonds. The van der Waals surface area contributed by atoms with Gasteiger partial charge in [0.25, 0.3) is 11.5 Å². The maximum atomic E-state index is 12.7. The summed E-state index contributed by atoms with van der Waals surface area (Å²) in [5, 5.41) is 2.85. The van der Waals surface area contributed by atoms with Gasteiger partial charge in [-0.25, -0.2) is 0 Å². The highest BCUT2D eigenvalue weighted by Gasteiger charge is 2.15. The number of carbonyl (C=O) groups is 1. The van der Waals surface area contributed by atoms with Gasteiger partial charge in [-0.15, -0.1) is 0 Å². The number of amides is 1. The molecule has 1 heterocycles. The second-order valence-electron chi connectivity index (χ2n) is 6.16. The molecule has 132 valence electrons. The van der Waals surface area contributed by atoms with Crippen LogP contribution in [0.2, 0.25) is 0 Å². The largest absolute Gasteiger partial charge is 0.348 e. The molecule has 0 radical (unpaired) electrons. The molecule has 1 aromatic heterocycles. The molecular formula is C21H19BrN2O2. The van der Waals surface area contributed by atoms with Crippen molar-refractivity contribution in [2.45, 2.75) is 20.4 Å².